The molecule has 0 aliphatic carbocycles. The predicted octanol–water partition coefficient (Wildman–Crippen LogP) is 8.02. The Hall–Kier alpha value is -6.19. The van der Waals surface area contributed by atoms with Gasteiger partial charge in [-0.3, -0.25) is 14.2 Å². The number of nitrogens with zero attached hydrogens (tertiary/aromatic N) is 1. The Morgan fingerprint density at radius 2 is 1.32 bits per heavy atom. The summed E-state index contributed by atoms with van der Waals surface area (Å²) in [4.78, 5) is 53.5. The van der Waals surface area contributed by atoms with Crippen LogP contribution >= 0.6 is 11.6 Å². The second kappa shape index (κ2) is 14.9. The molecule has 0 saturated heterocycles. The van der Waals surface area contributed by atoms with Crippen molar-refractivity contribution in [2.45, 2.75) is 20.0 Å². The number of hydrogen-bond acceptors (Lipinski definition) is 8. The highest BCUT2D eigenvalue weighted by atomic mass is 35.5. The molecule has 1 aromatic heterocycles. The summed E-state index contributed by atoms with van der Waals surface area (Å²) in [5.74, 6) is -2.01. The van der Waals surface area contributed by atoms with Crippen molar-refractivity contribution in [3.63, 3.8) is 0 Å². The smallest absolute Gasteiger partial charge is 0.347 e. The largest absolute Gasteiger partial charge is 0.497 e. The van der Waals surface area contributed by atoms with Gasteiger partial charge in [-0.1, -0.05) is 66.2 Å². The molecule has 0 atom stereocenters. The highest BCUT2D eigenvalue weighted by Gasteiger charge is 2.25. The van der Waals surface area contributed by atoms with Gasteiger partial charge in [-0.25, -0.2) is 9.59 Å². The Morgan fingerprint density at radius 3 is 2.00 bits per heavy atom. The molecule has 0 aliphatic rings. The van der Waals surface area contributed by atoms with Crippen LogP contribution in [0.5, 0.6) is 17.2 Å². The summed E-state index contributed by atoms with van der Waals surface area (Å²) in [6.45, 7) is 1.79. The molecule has 0 fully saturated rings. The number of carbonyl (C=O) groups excluding carboxylic acids is 4. The van der Waals surface area contributed by atoms with Crippen LogP contribution in [0.4, 0.5) is 0 Å². The number of rotatable bonds is 10. The van der Waals surface area contributed by atoms with E-state index in [0.29, 0.717) is 38.5 Å². The molecule has 0 aliphatic heterocycles. The minimum absolute atomic E-state index is 0.0144. The van der Waals surface area contributed by atoms with Crippen molar-refractivity contribution in [2.75, 3.05) is 7.11 Å². The van der Waals surface area contributed by atoms with Crippen LogP contribution in [0.15, 0.2) is 121 Å². The van der Waals surface area contributed by atoms with E-state index in [4.69, 9.17) is 30.5 Å². The number of halogens is 1. The van der Waals surface area contributed by atoms with Crippen LogP contribution in [0.1, 0.15) is 47.9 Å². The van der Waals surface area contributed by atoms with E-state index in [1.807, 2.05) is 30.3 Å². The van der Waals surface area contributed by atoms with E-state index in [9.17, 15) is 19.2 Å². The van der Waals surface area contributed by atoms with E-state index in [1.165, 1.54) is 35.9 Å². The average Bonchev–Trinajstić information content (AvgIpc) is 3.40. The first kappa shape index (κ1) is 33.7. The summed E-state index contributed by atoms with van der Waals surface area (Å²) in [6.07, 6.45) is -0.226. The van der Waals surface area contributed by atoms with Crippen molar-refractivity contribution in [1.29, 1.82) is 0 Å². The number of benzene rings is 5. The fraction of sp³-hybridized carbons (Fsp3) is 0.100. The molecule has 0 radical (unpaired) electrons. The summed E-state index contributed by atoms with van der Waals surface area (Å²) < 4.78 is 23.8. The maximum atomic E-state index is 13.7. The van der Waals surface area contributed by atoms with Crippen molar-refractivity contribution < 1.29 is 38.1 Å². The van der Waals surface area contributed by atoms with E-state index < -0.39 is 17.9 Å². The second-order valence-electron chi connectivity index (χ2n) is 11.2. The van der Waals surface area contributed by atoms with Gasteiger partial charge in [0.15, 0.2) is 0 Å². The third kappa shape index (κ3) is 7.28. The predicted molar refractivity (Wildman–Crippen MR) is 187 cm³/mol. The van der Waals surface area contributed by atoms with Crippen LogP contribution in [0.2, 0.25) is 5.02 Å². The number of fused-ring (bicyclic) bond motifs is 1. The molecule has 0 N–H and O–H groups in total. The van der Waals surface area contributed by atoms with Crippen molar-refractivity contribution in [3.8, 4) is 17.2 Å². The standard InChI is InChI=1S/C40H30ClNO8/c1-25-32(33-22-29(47-2)20-21-34(33)42(25)38(44)27-16-18-28(41)19-17-27)23-37(43)49-35-14-8-7-13-31(35)40(46)50-36-15-9-6-12-30(36)39(45)48-24-26-10-4-3-5-11-26/h3-22H,23-24H2,1-2H3. The number of carbonyl (C=O) groups is 4. The maximum Gasteiger partial charge on any atom is 0.347 e. The van der Waals surface area contributed by atoms with Gasteiger partial charge in [0.05, 0.1) is 19.0 Å². The van der Waals surface area contributed by atoms with Gasteiger partial charge in [-0.15, -0.1) is 0 Å². The molecule has 0 amide bonds. The highest BCUT2D eigenvalue weighted by molar-refractivity contribution is 6.30. The highest BCUT2D eigenvalue weighted by Crippen LogP contribution is 2.32. The molecule has 9 nitrogen and oxygen atoms in total. The number of aromatic nitrogens is 1. The quantitative estimate of drug-likeness (QED) is 0.105. The van der Waals surface area contributed by atoms with Gasteiger partial charge in [0.2, 0.25) is 0 Å². The summed E-state index contributed by atoms with van der Waals surface area (Å²) in [7, 11) is 1.53. The molecule has 0 spiro atoms. The topological polar surface area (TPSA) is 110 Å². The molecule has 10 heteroatoms. The molecule has 5 aromatic carbocycles. The van der Waals surface area contributed by atoms with E-state index in [-0.39, 0.29) is 41.6 Å². The lowest BCUT2D eigenvalue weighted by Crippen LogP contribution is -2.18. The monoisotopic (exact) mass is 687 g/mol. The van der Waals surface area contributed by atoms with Crippen LogP contribution in [0.25, 0.3) is 10.9 Å². The number of ether oxygens (including phenoxy) is 4. The normalized spacial score (nSPS) is 10.8. The maximum absolute atomic E-state index is 13.7. The summed E-state index contributed by atoms with van der Waals surface area (Å²) in [5, 5.41) is 1.13. The molecule has 6 rings (SSSR count). The van der Waals surface area contributed by atoms with E-state index in [1.54, 1.807) is 73.7 Å². The zero-order chi connectivity index (χ0) is 35.2. The Kier molecular flexibility index (Phi) is 10.1. The zero-order valence-corrected chi connectivity index (χ0v) is 27.8. The first-order valence-electron chi connectivity index (χ1n) is 15.5. The zero-order valence-electron chi connectivity index (χ0n) is 27.1. The van der Waals surface area contributed by atoms with Crippen molar-refractivity contribution in [1.82, 2.24) is 4.57 Å². The first-order valence-corrected chi connectivity index (χ1v) is 15.9. The van der Waals surface area contributed by atoms with Gasteiger partial charge in [0.25, 0.3) is 5.91 Å². The van der Waals surface area contributed by atoms with Crippen LogP contribution in [-0.2, 0) is 22.6 Å². The molecule has 0 bridgehead atoms. The van der Waals surface area contributed by atoms with Crippen LogP contribution in [0, 0.1) is 6.92 Å². The molecule has 50 heavy (non-hydrogen) atoms. The van der Waals surface area contributed by atoms with E-state index in [0.717, 1.165) is 5.56 Å². The van der Waals surface area contributed by atoms with Gasteiger partial charge in [-0.2, -0.15) is 0 Å². The summed E-state index contributed by atoms with van der Waals surface area (Å²) >= 11 is 6.04. The molecular weight excluding hydrogens is 658 g/mol. The van der Waals surface area contributed by atoms with Crippen molar-refractivity contribution in [2.24, 2.45) is 0 Å². The second-order valence-corrected chi connectivity index (χ2v) is 11.6. The lowest BCUT2D eigenvalue weighted by molar-refractivity contribution is -0.133. The third-order valence-corrected chi connectivity index (χ3v) is 8.26. The molecular formula is C40H30ClNO8. The van der Waals surface area contributed by atoms with Crippen LogP contribution in [-0.4, -0.2) is 35.5 Å². The van der Waals surface area contributed by atoms with Crippen LogP contribution < -0.4 is 14.2 Å². The SMILES string of the molecule is COc1ccc2c(c1)c(CC(=O)Oc1ccccc1C(=O)Oc1ccccc1C(=O)OCc1ccccc1)c(C)n2C(=O)c1ccc(Cl)cc1. The number of methoxy groups -OCH3 is 1. The first-order chi connectivity index (χ1) is 24.2. The molecule has 1 heterocycles. The van der Waals surface area contributed by atoms with E-state index in [2.05, 4.69) is 0 Å². The van der Waals surface area contributed by atoms with Gasteiger partial charge in [0, 0.05) is 21.7 Å². The van der Waals surface area contributed by atoms with Gasteiger partial charge < -0.3 is 18.9 Å². The van der Waals surface area contributed by atoms with Crippen LogP contribution in [0.3, 0.4) is 0 Å². The third-order valence-electron chi connectivity index (χ3n) is 8.01. The average molecular weight is 688 g/mol. The van der Waals surface area contributed by atoms with Gasteiger partial charge in [-0.05, 0) is 84.8 Å². The van der Waals surface area contributed by atoms with E-state index >= 15 is 0 Å². The van der Waals surface area contributed by atoms with Crippen molar-refractivity contribution in [3.05, 3.63) is 160 Å². The summed E-state index contributed by atoms with van der Waals surface area (Å²) in [6, 6.07) is 33.3. The Bertz CT molecular complexity index is 2220. The minimum Gasteiger partial charge on any atom is -0.497 e. The molecule has 250 valence electrons. The Balaban J connectivity index is 1.23. The number of hydrogen-bond donors (Lipinski definition) is 0. The lowest BCUT2D eigenvalue weighted by Gasteiger charge is -2.12. The van der Waals surface area contributed by atoms with Crippen molar-refractivity contribution >= 4 is 46.3 Å². The van der Waals surface area contributed by atoms with Gasteiger partial charge >= 0.3 is 17.9 Å². The molecule has 0 unspecified atom stereocenters. The number of esters is 3. The fourth-order valence-electron chi connectivity index (χ4n) is 5.50. The fourth-order valence-corrected chi connectivity index (χ4v) is 5.63. The lowest BCUT2D eigenvalue weighted by atomic mass is 10.1. The Morgan fingerprint density at radius 1 is 0.700 bits per heavy atom. The minimum atomic E-state index is -0.845. The molecule has 6 aromatic rings. The summed E-state index contributed by atoms with van der Waals surface area (Å²) in [5.41, 5.74) is 2.91. The van der Waals surface area contributed by atoms with Gasteiger partial charge in [0.1, 0.15) is 35.0 Å². The molecule has 0 saturated carbocycles. The Labute approximate surface area is 292 Å². The number of para-hydroxylation sites is 2.